The molecule has 0 aliphatic carbocycles. The van der Waals surface area contributed by atoms with Crippen molar-refractivity contribution >= 4 is 10.9 Å². The quantitative estimate of drug-likeness (QED) is 0.383. The molecule has 0 amide bonds. The van der Waals surface area contributed by atoms with Gasteiger partial charge in [-0.25, -0.2) is 9.97 Å². The molecule has 9 heteroatoms. The van der Waals surface area contributed by atoms with Crippen LogP contribution in [0.1, 0.15) is 31.5 Å². The van der Waals surface area contributed by atoms with E-state index in [0.29, 0.717) is 22.0 Å². The Balaban J connectivity index is 1.73. The van der Waals surface area contributed by atoms with Gasteiger partial charge in [0.1, 0.15) is 12.1 Å². The number of phenols is 1. The monoisotopic (exact) mass is 456 g/mol. The Labute approximate surface area is 188 Å². The summed E-state index contributed by atoms with van der Waals surface area (Å²) >= 11 is 0. The molecule has 0 aliphatic heterocycles. The van der Waals surface area contributed by atoms with E-state index in [1.54, 1.807) is 56.7 Å². The summed E-state index contributed by atoms with van der Waals surface area (Å²) in [7, 11) is 0. The molecule has 33 heavy (non-hydrogen) atoms. The van der Waals surface area contributed by atoms with Crippen LogP contribution in [0.2, 0.25) is 0 Å². The number of aliphatic hydroxyl groups is 1. The molecule has 1 aromatic carbocycles. The number of halogens is 3. The summed E-state index contributed by atoms with van der Waals surface area (Å²) in [5, 5.41) is 22.2. The largest absolute Gasteiger partial charge is 0.508 e. The molecular weight excluding hydrogens is 433 g/mol. The predicted octanol–water partition coefficient (Wildman–Crippen LogP) is 4.93. The van der Waals surface area contributed by atoms with Crippen molar-refractivity contribution in [1.82, 2.24) is 19.9 Å². The molecule has 0 spiro atoms. The molecule has 0 radical (unpaired) electrons. The lowest BCUT2D eigenvalue weighted by molar-refractivity contribution is -0.266. The van der Waals surface area contributed by atoms with E-state index >= 15 is 0 Å². The van der Waals surface area contributed by atoms with Gasteiger partial charge in [-0.2, -0.15) is 13.2 Å². The van der Waals surface area contributed by atoms with Gasteiger partial charge in [0.2, 0.25) is 0 Å². The van der Waals surface area contributed by atoms with E-state index in [-0.39, 0.29) is 17.0 Å². The molecule has 6 nitrogen and oxygen atoms in total. The molecule has 172 valence electrons. The topological polar surface area (TPSA) is 94.9 Å². The van der Waals surface area contributed by atoms with Gasteiger partial charge in [-0.05, 0) is 41.7 Å². The van der Waals surface area contributed by atoms with Gasteiger partial charge in [0.15, 0.2) is 5.60 Å². The predicted molar refractivity (Wildman–Crippen MR) is 118 cm³/mol. The van der Waals surface area contributed by atoms with Gasteiger partial charge in [-0.15, -0.1) is 0 Å². The third-order valence-electron chi connectivity index (χ3n) is 5.89. The summed E-state index contributed by atoms with van der Waals surface area (Å²) < 4.78 is 42.7. The maximum Gasteiger partial charge on any atom is 0.417 e. The zero-order chi connectivity index (χ0) is 23.9. The van der Waals surface area contributed by atoms with Crippen LogP contribution in [0.3, 0.4) is 0 Å². The lowest BCUT2D eigenvalue weighted by Gasteiger charge is -2.38. The van der Waals surface area contributed by atoms with Crippen molar-refractivity contribution < 1.29 is 23.4 Å². The van der Waals surface area contributed by atoms with E-state index in [4.69, 9.17) is 0 Å². The first-order valence-electron chi connectivity index (χ1n) is 10.3. The summed E-state index contributed by atoms with van der Waals surface area (Å²) in [4.78, 5) is 14.9. The van der Waals surface area contributed by atoms with E-state index < -0.39 is 30.0 Å². The number of nitrogens with zero attached hydrogens (tertiary/aromatic N) is 3. The maximum atomic E-state index is 14.2. The molecule has 0 saturated carbocycles. The highest BCUT2D eigenvalue weighted by molar-refractivity contribution is 5.81. The highest BCUT2D eigenvalue weighted by Gasteiger charge is 2.56. The van der Waals surface area contributed by atoms with Crippen molar-refractivity contribution in [2.45, 2.75) is 43.9 Å². The molecule has 0 saturated heterocycles. The number of rotatable bonds is 6. The first-order valence-corrected chi connectivity index (χ1v) is 10.3. The van der Waals surface area contributed by atoms with Crippen molar-refractivity contribution in [1.29, 1.82) is 0 Å². The summed E-state index contributed by atoms with van der Waals surface area (Å²) in [6, 6.07) is 8.08. The number of pyridine rings is 1. The van der Waals surface area contributed by atoms with Crippen LogP contribution in [-0.2, 0) is 11.8 Å². The van der Waals surface area contributed by atoms with Gasteiger partial charge in [0.25, 0.3) is 0 Å². The van der Waals surface area contributed by atoms with Crippen molar-refractivity contribution in [2.75, 3.05) is 0 Å². The van der Waals surface area contributed by atoms with Gasteiger partial charge >= 0.3 is 6.18 Å². The number of fused-ring (bicyclic) bond motifs is 1. The normalized spacial score (nSPS) is 14.4. The minimum atomic E-state index is -4.93. The smallest absolute Gasteiger partial charge is 0.417 e. The Morgan fingerprint density at radius 2 is 1.73 bits per heavy atom. The molecule has 4 aromatic rings. The maximum absolute atomic E-state index is 14.2. The molecule has 1 atom stereocenters. The number of aromatic nitrogens is 4. The van der Waals surface area contributed by atoms with Crippen molar-refractivity contribution in [3.8, 4) is 16.9 Å². The third-order valence-corrected chi connectivity index (χ3v) is 5.89. The van der Waals surface area contributed by atoms with E-state index in [0.717, 1.165) is 0 Å². The van der Waals surface area contributed by atoms with Crippen LogP contribution in [0, 0.1) is 0 Å². The number of benzene rings is 1. The van der Waals surface area contributed by atoms with Gasteiger partial charge in [0, 0.05) is 47.7 Å². The van der Waals surface area contributed by atoms with Crippen LogP contribution in [0.4, 0.5) is 13.2 Å². The highest BCUT2D eigenvalue weighted by Crippen LogP contribution is 2.45. The SMILES string of the molecule is CC(C)(CC(O)(Cc1nccc2cc[nH]c12)C(F)(F)F)c1cc(-c2cncnc2)ccc1O. The zero-order valence-corrected chi connectivity index (χ0v) is 18.1. The number of phenolic OH excluding ortho intramolecular Hbond substituents is 1. The Morgan fingerprint density at radius 3 is 2.42 bits per heavy atom. The Morgan fingerprint density at radius 1 is 1.00 bits per heavy atom. The fraction of sp³-hybridized carbons (Fsp3) is 0.292. The summed E-state index contributed by atoms with van der Waals surface area (Å²) in [5.41, 5.74) is -2.18. The summed E-state index contributed by atoms with van der Waals surface area (Å²) in [6.45, 7) is 3.12. The minimum absolute atomic E-state index is 0.118. The zero-order valence-electron chi connectivity index (χ0n) is 18.1. The second-order valence-corrected chi connectivity index (χ2v) is 8.83. The van der Waals surface area contributed by atoms with Gasteiger partial charge in [-0.1, -0.05) is 19.9 Å². The van der Waals surface area contributed by atoms with E-state index in [1.807, 2.05) is 0 Å². The van der Waals surface area contributed by atoms with E-state index in [2.05, 4.69) is 19.9 Å². The van der Waals surface area contributed by atoms with Crippen molar-refractivity contribution in [3.63, 3.8) is 0 Å². The molecule has 0 aliphatic rings. The highest BCUT2D eigenvalue weighted by atomic mass is 19.4. The van der Waals surface area contributed by atoms with Crippen LogP contribution in [-0.4, -0.2) is 41.9 Å². The van der Waals surface area contributed by atoms with Crippen LogP contribution >= 0.6 is 0 Å². The molecule has 0 bridgehead atoms. The molecule has 3 aromatic heterocycles. The lowest BCUT2D eigenvalue weighted by atomic mass is 9.72. The Bertz CT molecular complexity index is 1270. The van der Waals surface area contributed by atoms with Crippen LogP contribution in [0.15, 0.2) is 61.4 Å². The average Bonchev–Trinajstić information content (AvgIpc) is 3.23. The summed E-state index contributed by atoms with van der Waals surface area (Å²) in [6.07, 6.45) is 1.21. The second kappa shape index (κ2) is 8.15. The van der Waals surface area contributed by atoms with Crippen molar-refractivity contribution in [3.05, 3.63) is 72.7 Å². The first-order chi connectivity index (χ1) is 15.5. The first kappa shape index (κ1) is 22.7. The van der Waals surface area contributed by atoms with Crippen molar-refractivity contribution in [2.24, 2.45) is 0 Å². The Hall–Kier alpha value is -3.46. The van der Waals surface area contributed by atoms with Crippen LogP contribution in [0.25, 0.3) is 22.0 Å². The molecule has 3 N–H and O–H groups in total. The Kier molecular flexibility index (Phi) is 5.61. The number of hydrogen-bond acceptors (Lipinski definition) is 5. The number of hydrogen-bond donors (Lipinski definition) is 3. The number of H-pyrrole nitrogens is 1. The summed E-state index contributed by atoms with van der Waals surface area (Å²) in [5.74, 6) is -0.158. The van der Waals surface area contributed by atoms with Gasteiger partial charge in [-0.3, -0.25) is 4.98 Å². The van der Waals surface area contributed by atoms with Crippen LogP contribution in [0.5, 0.6) is 5.75 Å². The lowest BCUT2D eigenvalue weighted by Crippen LogP contribution is -2.51. The third kappa shape index (κ3) is 4.41. The number of nitrogens with one attached hydrogen (secondary N) is 1. The van der Waals surface area contributed by atoms with Gasteiger partial charge in [0.05, 0.1) is 11.2 Å². The van der Waals surface area contributed by atoms with Gasteiger partial charge < -0.3 is 15.2 Å². The van der Waals surface area contributed by atoms with Crippen LogP contribution < -0.4 is 0 Å². The average molecular weight is 456 g/mol. The molecule has 0 fully saturated rings. The number of aromatic hydroxyl groups is 1. The standard InChI is InChI=1S/C24H23F3N4O2/c1-22(2,18-9-16(3-4-20(18)32)17-11-28-14-29-12-17)13-23(33,24(25,26)27)10-19-21-15(5-7-30-19)6-8-31-21/h3-9,11-12,14,31-33H,10,13H2,1-2H3. The fourth-order valence-corrected chi connectivity index (χ4v) is 4.25. The van der Waals surface area contributed by atoms with E-state index in [1.165, 1.54) is 18.6 Å². The molecule has 3 heterocycles. The fourth-order valence-electron chi connectivity index (χ4n) is 4.25. The molecule has 1 unspecified atom stereocenters. The molecular formula is C24H23F3N4O2. The van der Waals surface area contributed by atoms with E-state index in [9.17, 15) is 23.4 Å². The number of alkyl halides is 3. The minimum Gasteiger partial charge on any atom is -0.508 e. The second-order valence-electron chi connectivity index (χ2n) is 8.83. The number of aromatic amines is 1. The molecule has 4 rings (SSSR count).